The van der Waals surface area contributed by atoms with Gasteiger partial charge >= 0.3 is 0 Å². The lowest BCUT2D eigenvalue weighted by atomic mass is 9.71. The van der Waals surface area contributed by atoms with Gasteiger partial charge in [0.1, 0.15) is 6.29 Å². The summed E-state index contributed by atoms with van der Waals surface area (Å²) in [4.78, 5) is 13.8. The Kier molecular flexibility index (Phi) is 3.95. The second-order valence-corrected chi connectivity index (χ2v) is 6.76. The topological polar surface area (TPSA) is 20.3 Å². The summed E-state index contributed by atoms with van der Waals surface area (Å²) in [7, 11) is 0. The fourth-order valence-electron chi connectivity index (χ4n) is 4.95. The number of fused-ring (bicyclic) bond motifs is 3. The smallest absolute Gasteiger partial charge is 0.123 e. The molecule has 1 heterocycles. The van der Waals surface area contributed by atoms with Gasteiger partial charge in [-0.3, -0.25) is 4.90 Å². The Labute approximate surface area is 115 Å². The maximum atomic E-state index is 11.1. The van der Waals surface area contributed by atoms with Crippen molar-refractivity contribution in [2.24, 2.45) is 17.8 Å². The Morgan fingerprint density at radius 3 is 2.61 bits per heavy atom. The highest BCUT2D eigenvalue weighted by atomic mass is 35.5. The van der Waals surface area contributed by atoms with Crippen LogP contribution in [-0.2, 0) is 4.79 Å². The third kappa shape index (κ3) is 2.12. The lowest BCUT2D eigenvalue weighted by Gasteiger charge is -2.35. The lowest BCUT2D eigenvalue weighted by molar-refractivity contribution is -0.112. The molecule has 0 N–H and O–H groups in total. The van der Waals surface area contributed by atoms with E-state index in [2.05, 4.69) is 4.90 Å². The van der Waals surface area contributed by atoms with Gasteiger partial charge in [-0.1, -0.05) is 12.8 Å². The van der Waals surface area contributed by atoms with E-state index in [0.29, 0.717) is 5.92 Å². The summed E-state index contributed by atoms with van der Waals surface area (Å²) in [5.74, 6) is 2.73. The Balaban J connectivity index is 1.79. The van der Waals surface area contributed by atoms with Crippen molar-refractivity contribution in [2.75, 3.05) is 12.4 Å². The number of hydrogen-bond acceptors (Lipinski definition) is 2. The van der Waals surface area contributed by atoms with Crippen LogP contribution in [0.2, 0.25) is 0 Å². The van der Waals surface area contributed by atoms with Gasteiger partial charge in [-0.2, -0.15) is 0 Å². The Bertz CT molecular complexity index is 309. The van der Waals surface area contributed by atoms with Crippen LogP contribution in [0.4, 0.5) is 0 Å². The number of carbonyl (C=O) groups excluding carboxylic acids is 1. The summed E-state index contributed by atoms with van der Waals surface area (Å²) >= 11 is 6.00. The maximum absolute atomic E-state index is 11.1. The summed E-state index contributed by atoms with van der Waals surface area (Å²) in [6.07, 6.45) is 10.2. The molecule has 102 valence electrons. The molecule has 0 aromatic heterocycles. The molecule has 0 aromatic carbocycles. The van der Waals surface area contributed by atoms with Crippen molar-refractivity contribution in [1.29, 1.82) is 0 Å². The van der Waals surface area contributed by atoms with E-state index in [1.807, 2.05) is 0 Å². The van der Waals surface area contributed by atoms with E-state index in [0.717, 1.165) is 49.2 Å². The number of halogens is 1. The highest BCUT2D eigenvalue weighted by molar-refractivity contribution is 6.18. The zero-order chi connectivity index (χ0) is 12.5. The van der Waals surface area contributed by atoms with Gasteiger partial charge in [0.25, 0.3) is 0 Å². The molecule has 18 heavy (non-hydrogen) atoms. The van der Waals surface area contributed by atoms with Gasteiger partial charge in [-0.25, -0.2) is 0 Å². The van der Waals surface area contributed by atoms with Crippen LogP contribution in [0.1, 0.15) is 44.9 Å². The first-order valence-corrected chi connectivity index (χ1v) is 8.15. The average molecular weight is 270 g/mol. The molecule has 2 aliphatic carbocycles. The van der Waals surface area contributed by atoms with Crippen molar-refractivity contribution < 1.29 is 4.79 Å². The molecule has 1 saturated heterocycles. The molecule has 0 bridgehead atoms. The van der Waals surface area contributed by atoms with Crippen molar-refractivity contribution in [3.8, 4) is 0 Å². The van der Waals surface area contributed by atoms with Crippen LogP contribution in [0.5, 0.6) is 0 Å². The van der Waals surface area contributed by atoms with E-state index < -0.39 is 0 Å². The third-order valence-electron chi connectivity index (χ3n) is 5.62. The van der Waals surface area contributed by atoms with Gasteiger partial charge in [0.15, 0.2) is 0 Å². The zero-order valence-electron chi connectivity index (χ0n) is 11.1. The fraction of sp³-hybridized carbons (Fsp3) is 0.933. The Hall–Kier alpha value is -0.0800. The van der Waals surface area contributed by atoms with Crippen molar-refractivity contribution in [2.45, 2.75) is 57.0 Å². The molecule has 2 saturated carbocycles. The maximum Gasteiger partial charge on any atom is 0.123 e. The minimum atomic E-state index is 0.338. The van der Waals surface area contributed by atoms with Crippen LogP contribution >= 0.6 is 11.6 Å². The molecule has 0 spiro atoms. The van der Waals surface area contributed by atoms with Crippen molar-refractivity contribution in [3.05, 3.63) is 0 Å². The van der Waals surface area contributed by atoms with Crippen LogP contribution in [0.25, 0.3) is 0 Å². The average Bonchev–Trinajstić information content (AvgIpc) is 2.74. The van der Waals surface area contributed by atoms with Crippen LogP contribution in [0, 0.1) is 17.8 Å². The summed E-state index contributed by atoms with van der Waals surface area (Å²) in [6, 6.07) is 1.51. The zero-order valence-corrected chi connectivity index (χ0v) is 11.8. The fourth-order valence-corrected chi connectivity index (χ4v) is 5.14. The Morgan fingerprint density at radius 1 is 1.06 bits per heavy atom. The quantitative estimate of drug-likeness (QED) is 0.580. The first-order valence-electron chi connectivity index (χ1n) is 7.62. The van der Waals surface area contributed by atoms with Crippen molar-refractivity contribution >= 4 is 17.9 Å². The van der Waals surface area contributed by atoms with Crippen LogP contribution in [-0.4, -0.2) is 35.7 Å². The standard InChI is InChI=1S/C15H24ClNO/c16-7-8-17-14-4-2-1-3-12(14)13-9-11(10-18)5-6-15(13)17/h10-15H,1-9H2. The van der Waals surface area contributed by atoms with Crippen molar-refractivity contribution in [3.63, 3.8) is 0 Å². The molecule has 1 aliphatic heterocycles. The molecule has 0 aromatic rings. The minimum absolute atomic E-state index is 0.338. The number of nitrogens with zero attached hydrogens (tertiary/aromatic N) is 1. The van der Waals surface area contributed by atoms with E-state index in [4.69, 9.17) is 11.6 Å². The minimum Gasteiger partial charge on any atom is -0.303 e. The molecule has 5 atom stereocenters. The molecule has 3 heteroatoms. The van der Waals surface area contributed by atoms with E-state index in [1.165, 1.54) is 38.4 Å². The van der Waals surface area contributed by atoms with Gasteiger partial charge in [-0.15, -0.1) is 11.6 Å². The number of alkyl halides is 1. The summed E-state index contributed by atoms with van der Waals surface area (Å²) in [6.45, 7) is 1.05. The lowest BCUT2D eigenvalue weighted by Crippen LogP contribution is -2.41. The van der Waals surface area contributed by atoms with E-state index >= 15 is 0 Å². The second kappa shape index (κ2) is 5.50. The molecule has 3 rings (SSSR count). The summed E-state index contributed by atoms with van der Waals surface area (Å²) < 4.78 is 0. The van der Waals surface area contributed by atoms with Gasteiger partial charge in [0.05, 0.1) is 0 Å². The normalized spacial score (nSPS) is 44.4. The molecule has 3 fully saturated rings. The van der Waals surface area contributed by atoms with Crippen LogP contribution < -0.4 is 0 Å². The SMILES string of the molecule is O=CC1CCC2C(C1)C1CCCCC1N2CCCl. The third-order valence-corrected chi connectivity index (χ3v) is 5.79. The van der Waals surface area contributed by atoms with Gasteiger partial charge in [-0.05, 0) is 43.9 Å². The van der Waals surface area contributed by atoms with E-state index in [1.54, 1.807) is 0 Å². The summed E-state index contributed by atoms with van der Waals surface area (Å²) in [5, 5.41) is 0. The number of hydrogen-bond donors (Lipinski definition) is 0. The first-order chi connectivity index (χ1) is 8.85. The number of likely N-dealkylation sites (tertiary alicyclic amines) is 1. The molecule has 0 amide bonds. The molecular formula is C15H24ClNO. The van der Waals surface area contributed by atoms with E-state index in [-0.39, 0.29) is 0 Å². The molecule has 5 unspecified atom stereocenters. The first kappa shape index (κ1) is 12.9. The second-order valence-electron chi connectivity index (χ2n) is 6.38. The predicted octanol–water partition coefficient (Wildman–Crippen LogP) is 3.08. The van der Waals surface area contributed by atoms with Crippen LogP contribution in [0.3, 0.4) is 0 Å². The monoisotopic (exact) mass is 269 g/mol. The largest absolute Gasteiger partial charge is 0.303 e. The highest BCUT2D eigenvalue weighted by Gasteiger charge is 2.50. The predicted molar refractivity (Wildman–Crippen MR) is 73.9 cm³/mol. The van der Waals surface area contributed by atoms with Gasteiger partial charge in [0.2, 0.25) is 0 Å². The molecule has 0 radical (unpaired) electrons. The molecular weight excluding hydrogens is 246 g/mol. The number of aldehydes is 1. The molecule has 3 aliphatic rings. The number of rotatable bonds is 3. The van der Waals surface area contributed by atoms with Gasteiger partial charge in [0, 0.05) is 30.4 Å². The van der Waals surface area contributed by atoms with E-state index in [9.17, 15) is 4.79 Å². The van der Waals surface area contributed by atoms with Crippen molar-refractivity contribution in [1.82, 2.24) is 4.90 Å². The number of carbonyl (C=O) groups is 1. The van der Waals surface area contributed by atoms with Gasteiger partial charge < -0.3 is 4.79 Å². The Morgan fingerprint density at radius 2 is 1.83 bits per heavy atom. The summed E-state index contributed by atoms with van der Waals surface area (Å²) in [5.41, 5.74) is 0. The highest BCUT2D eigenvalue weighted by Crippen LogP contribution is 2.49. The van der Waals surface area contributed by atoms with Crippen LogP contribution in [0.15, 0.2) is 0 Å². The molecule has 2 nitrogen and oxygen atoms in total.